The minimum atomic E-state index is -5.07. The minimum absolute atomic E-state index is 0.0100. The number of aromatic nitrogens is 6. The Morgan fingerprint density at radius 1 is 0.747 bits per heavy atom. The van der Waals surface area contributed by atoms with Crippen LogP contribution < -0.4 is 31.9 Å². The maximum atomic E-state index is 15.8. The van der Waals surface area contributed by atoms with Crippen molar-refractivity contribution in [1.29, 1.82) is 0 Å². The molecule has 3 saturated heterocycles. The van der Waals surface area contributed by atoms with Crippen molar-refractivity contribution in [3.8, 4) is 11.1 Å². The van der Waals surface area contributed by atoms with Crippen molar-refractivity contribution in [2.24, 2.45) is 5.73 Å². The van der Waals surface area contributed by atoms with Gasteiger partial charge in [0.25, 0.3) is 5.91 Å². The second-order valence-corrected chi connectivity index (χ2v) is 21.9. The molecule has 0 radical (unpaired) electrons. The van der Waals surface area contributed by atoms with E-state index >= 15 is 4.39 Å². The van der Waals surface area contributed by atoms with Gasteiger partial charge in [-0.25, -0.2) is 23.8 Å². The standard InChI is InChI=1S/C60H71F4N15O12/c1-74-21-22-77(59(74)87)41-5-4-18-76(35-41)47-32-69-55(57(65)86)58(72-47)71-40-10-8-37(9-11-40)38-14-19-75(20-15-38)51(83)16-23-89-25-27-91-28-26-90-24-17-66-48(80)12-13-52(84)79-46-30-43(44(61)29-39(46)31-70-79)42-6-3-7-45-54(42)56(60(62,63)64)73-78(45)36-50(82)67-33-49(81)68-34-53(85)88-2/h3,6-11,29-32,38,41H,4-5,12-28,33-36H2,1-2H3,(H2,65,86)(H,66,80)(H,67,82)(H,68,81)(H,71,72)/t41-/m1/s1. The van der Waals surface area contributed by atoms with Crippen molar-refractivity contribution in [2.45, 2.75) is 69.6 Å². The van der Waals surface area contributed by atoms with Gasteiger partial charge in [-0.15, -0.1) is 0 Å². The van der Waals surface area contributed by atoms with Crippen molar-refractivity contribution in [3.63, 3.8) is 0 Å². The first-order valence-corrected chi connectivity index (χ1v) is 29.7. The summed E-state index contributed by atoms with van der Waals surface area (Å²) >= 11 is 0. The third kappa shape index (κ3) is 16.9. The molecule has 1 atom stereocenters. The zero-order chi connectivity index (χ0) is 64.8. The number of piperidine rings is 2. The van der Waals surface area contributed by atoms with Crippen molar-refractivity contribution >= 4 is 86.6 Å². The summed E-state index contributed by atoms with van der Waals surface area (Å²) in [6.07, 6.45) is 0.711. The van der Waals surface area contributed by atoms with E-state index < -0.39 is 78.2 Å². The maximum Gasteiger partial charge on any atom is 0.435 e. The molecule has 0 unspecified atom stereocenters. The lowest BCUT2D eigenvalue weighted by Gasteiger charge is -2.37. The number of carbonyl (C=O) groups is 8. The number of ether oxygens (including phenoxy) is 4. The predicted octanol–water partition coefficient (Wildman–Crippen LogP) is 3.97. The lowest BCUT2D eigenvalue weighted by atomic mass is 9.89. The molecule has 27 nitrogen and oxygen atoms in total. The molecule has 6 aromatic rings. The second-order valence-electron chi connectivity index (χ2n) is 21.9. The molecule has 6 N–H and O–H groups in total. The molecule has 7 amide bonds. The second kappa shape index (κ2) is 30.4. The number of primary amides is 1. The molecule has 0 bridgehead atoms. The van der Waals surface area contributed by atoms with Crippen LogP contribution >= 0.6 is 0 Å². The van der Waals surface area contributed by atoms with Gasteiger partial charge in [0.05, 0.1) is 89.2 Å². The SMILES string of the molecule is COC(=O)CNC(=O)CNC(=O)Cn1nc(C(F)(F)F)c2c(-c3cc4c(cnn4C(=O)CCC(=O)NCCOCCOCCOCCC(=O)N4CCC(c5ccc(Nc6nc(N7CCC[C@@H](N8CCN(C)C8=O)C7)cnc6C(N)=O)cc5)CC4)cc3F)cccc21. The lowest BCUT2D eigenvalue weighted by molar-refractivity contribution is -0.141. The summed E-state index contributed by atoms with van der Waals surface area (Å²) < 4.78 is 82.2. The number of likely N-dealkylation sites (tertiary alicyclic amines) is 1. The van der Waals surface area contributed by atoms with Gasteiger partial charge in [0.2, 0.25) is 29.5 Å². The van der Waals surface area contributed by atoms with E-state index in [4.69, 9.17) is 24.9 Å². The Labute approximate surface area is 519 Å². The van der Waals surface area contributed by atoms with Crippen LogP contribution in [0.15, 0.2) is 67.0 Å². The number of anilines is 3. The van der Waals surface area contributed by atoms with E-state index in [9.17, 15) is 51.5 Å². The summed E-state index contributed by atoms with van der Waals surface area (Å²) in [5, 5.41) is 17.7. The Hall–Kier alpha value is -9.36. The Balaban J connectivity index is 0.634. The first-order valence-electron chi connectivity index (χ1n) is 29.7. The molecule has 0 saturated carbocycles. The smallest absolute Gasteiger partial charge is 0.435 e. The molecule has 3 aromatic heterocycles. The zero-order valence-corrected chi connectivity index (χ0v) is 50.2. The number of likely N-dealkylation sites (N-methyl/N-ethyl adjacent to an activating group) is 1. The van der Waals surface area contributed by atoms with Crippen LogP contribution in [0.25, 0.3) is 32.9 Å². The number of nitrogens with zero attached hydrogens (tertiary/aromatic N) is 10. The normalized spacial score (nSPS) is 15.5. The average Bonchev–Trinajstić information content (AvgIpc) is 1.63. The summed E-state index contributed by atoms with van der Waals surface area (Å²) in [7, 11) is 2.92. The molecule has 9 rings (SSSR count). The molecule has 31 heteroatoms. The third-order valence-electron chi connectivity index (χ3n) is 15.9. The molecule has 0 aliphatic carbocycles. The maximum absolute atomic E-state index is 15.8. The molecule has 486 valence electrons. The minimum Gasteiger partial charge on any atom is -0.468 e. The van der Waals surface area contributed by atoms with Crippen LogP contribution in [0.1, 0.15) is 77.4 Å². The molecule has 3 aliphatic rings. The highest BCUT2D eigenvalue weighted by Crippen LogP contribution is 2.41. The number of nitrogens with two attached hydrogens (primary N) is 1. The van der Waals surface area contributed by atoms with Crippen LogP contribution in [0.5, 0.6) is 0 Å². The van der Waals surface area contributed by atoms with Gasteiger partial charge in [0.15, 0.2) is 17.2 Å². The van der Waals surface area contributed by atoms with Crippen LogP contribution in [-0.4, -0.2) is 210 Å². The first kappa shape index (κ1) is 66.1. The number of halogens is 4. The van der Waals surface area contributed by atoms with Crippen LogP contribution in [0, 0.1) is 5.82 Å². The number of hydrogen-bond acceptors (Lipinski definition) is 18. The van der Waals surface area contributed by atoms with Gasteiger partial charge in [-0.3, -0.25) is 38.2 Å². The Bertz CT molecular complexity index is 3630. The summed E-state index contributed by atoms with van der Waals surface area (Å²) in [6, 6.07) is 14.0. The van der Waals surface area contributed by atoms with E-state index in [0.717, 1.165) is 60.3 Å². The Morgan fingerprint density at radius 3 is 2.18 bits per heavy atom. The van der Waals surface area contributed by atoms with Crippen molar-refractivity contribution in [2.75, 3.05) is 123 Å². The topological polar surface area (TPSA) is 322 Å². The largest absolute Gasteiger partial charge is 0.468 e. The zero-order valence-electron chi connectivity index (χ0n) is 50.2. The molecule has 91 heavy (non-hydrogen) atoms. The van der Waals surface area contributed by atoms with Gasteiger partial charge in [-0.1, -0.05) is 24.3 Å². The monoisotopic (exact) mass is 1270 g/mol. The first-order chi connectivity index (χ1) is 43.8. The number of fused-ring (bicyclic) bond motifs is 2. The number of rotatable bonds is 28. The highest BCUT2D eigenvalue weighted by Gasteiger charge is 2.39. The highest BCUT2D eigenvalue weighted by molar-refractivity contribution is 6.01. The summed E-state index contributed by atoms with van der Waals surface area (Å²) in [5.41, 5.74) is 5.41. The van der Waals surface area contributed by atoms with E-state index in [2.05, 4.69) is 46.1 Å². The number of amides is 7. The fraction of sp³-hybridized carbons (Fsp3) is 0.467. The van der Waals surface area contributed by atoms with Crippen molar-refractivity contribution in [3.05, 3.63) is 89.8 Å². The fourth-order valence-corrected chi connectivity index (χ4v) is 11.1. The molecule has 3 fully saturated rings. The van der Waals surface area contributed by atoms with Crippen LogP contribution in [-0.2, 0) is 55.6 Å². The predicted molar refractivity (Wildman–Crippen MR) is 320 cm³/mol. The lowest BCUT2D eigenvalue weighted by Crippen LogP contribution is -2.49. The number of carbonyl (C=O) groups excluding carboxylic acids is 8. The van der Waals surface area contributed by atoms with E-state index in [1.54, 1.807) is 18.1 Å². The number of esters is 1. The highest BCUT2D eigenvalue weighted by atomic mass is 19.4. The molecule has 0 spiro atoms. The van der Waals surface area contributed by atoms with Crippen LogP contribution in [0.3, 0.4) is 0 Å². The number of urea groups is 1. The summed E-state index contributed by atoms with van der Waals surface area (Å²) in [5.74, 6) is -4.07. The molecule has 3 aromatic carbocycles. The van der Waals surface area contributed by atoms with Crippen molar-refractivity contribution < 1.29 is 74.9 Å². The van der Waals surface area contributed by atoms with Crippen LogP contribution in [0.2, 0.25) is 0 Å². The molecule has 3 aliphatic heterocycles. The van der Waals surface area contributed by atoms with Gasteiger partial charge in [-0.2, -0.15) is 23.4 Å². The molecule has 6 heterocycles. The molecular formula is C60H71F4N15O12. The Kier molecular flexibility index (Phi) is 22.1. The van der Waals surface area contributed by atoms with E-state index in [1.165, 1.54) is 30.5 Å². The quantitative estimate of drug-likeness (QED) is 0.0264. The van der Waals surface area contributed by atoms with Gasteiger partial charge < -0.3 is 65.5 Å². The number of benzene rings is 3. The van der Waals surface area contributed by atoms with Gasteiger partial charge in [-0.05, 0) is 73.1 Å². The number of alkyl halides is 3. The summed E-state index contributed by atoms with van der Waals surface area (Å²) in [4.78, 5) is 117. The summed E-state index contributed by atoms with van der Waals surface area (Å²) in [6.45, 7) is 3.62. The number of hydrogen-bond donors (Lipinski definition) is 5. The van der Waals surface area contributed by atoms with Gasteiger partial charge >= 0.3 is 18.2 Å². The number of nitrogens with one attached hydrogen (secondary N) is 4. The Morgan fingerprint density at radius 2 is 1.47 bits per heavy atom. The van der Waals surface area contributed by atoms with Gasteiger partial charge in [0, 0.05) is 87.7 Å². The van der Waals surface area contributed by atoms with E-state index in [0.29, 0.717) is 44.2 Å². The van der Waals surface area contributed by atoms with E-state index in [-0.39, 0.29) is 128 Å². The van der Waals surface area contributed by atoms with Crippen LogP contribution in [0.4, 0.5) is 39.7 Å². The van der Waals surface area contributed by atoms with Gasteiger partial charge in [0.1, 0.15) is 24.7 Å². The average molecular weight is 1270 g/mol. The fourth-order valence-electron chi connectivity index (χ4n) is 11.1. The van der Waals surface area contributed by atoms with E-state index in [1.807, 2.05) is 34.1 Å². The molecular weight excluding hydrogens is 1200 g/mol. The third-order valence-corrected chi connectivity index (χ3v) is 15.9. The van der Waals surface area contributed by atoms with Crippen molar-refractivity contribution in [1.82, 2.24) is 60.2 Å². The number of methoxy groups -OCH3 is 1.